The third-order valence-electron chi connectivity index (χ3n) is 4.27. The molecule has 0 amide bonds. The van der Waals surface area contributed by atoms with Crippen LogP contribution < -0.4 is 0 Å². The van der Waals surface area contributed by atoms with E-state index in [9.17, 15) is 0 Å². The minimum atomic E-state index is 0.856. The molecule has 0 fully saturated rings. The van der Waals surface area contributed by atoms with Crippen LogP contribution in [0, 0.1) is 0 Å². The molecule has 0 radical (unpaired) electrons. The fourth-order valence-electron chi connectivity index (χ4n) is 2.75. The molecule has 0 bridgehead atoms. The van der Waals surface area contributed by atoms with E-state index < -0.39 is 0 Å². The van der Waals surface area contributed by atoms with Crippen LogP contribution in [0.5, 0.6) is 0 Å². The van der Waals surface area contributed by atoms with Gasteiger partial charge >= 0.3 is 0 Å². The molecular formula is C19H39N3S2. The maximum atomic E-state index is 4.50. The Morgan fingerprint density at radius 2 is 1.29 bits per heavy atom. The zero-order chi connectivity index (χ0) is 17.3. The summed E-state index contributed by atoms with van der Waals surface area (Å²) in [6.45, 7) is 6.43. The summed E-state index contributed by atoms with van der Waals surface area (Å²) in [7, 11) is 0. The predicted octanol–water partition coefficient (Wildman–Crippen LogP) is 6.56. The van der Waals surface area contributed by atoms with Gasteiger partial charge in [0.05, 0.1) is 13.0 Å². The molecular weight excluding hydrogens is 334 g/mol. The molecule has 1 aliphatic rings. The Morgan fingerprint density at radius 3 is 1.92 bits per heavy atom. The molecule has 142 valence electrons. The van der Waals surface area contributed by atoms with Gasteiger partial charge in [0.2, 0.25) is 0 Å². The number of rotatable bonds is 16. The van der Waals surface area contributed by atoms with E-state index in [1.54, 1.807) is 0 Å². The van der Waals surface area contributed by atoms with Crippen LogP contribution in [0.15, 0.2) is 4.99 Å². The van der Waals surface area contributed by atoms with Crippen LogP contribution in [0.2, 0.25) is 0 Å². The molecule has 0 saturated heterocycles. The second-order valence-electron chi connectivity index (χ2n) is 6.68. The molecule has 1 rings (SSSR count). The van der Waals surface area contributed by atoms with Gasteiger partial charge in [0.25, 0.3) is 0 Å². The molecule has 0 spiro atoms. The Labute approximate surface area is 159 Å². The van der Waals surface area contributed by atoms with E-state index in [4.69, 9.17) is 0 Å². The number of nitrogens with zero attached hydrogens (tertiary/aromatic N) is 3. The van der Waals surface area contributed by atoms with Crippen molar-refractivity contribution in [3.8, 4) is 0 Å². The SMILES string of the molecule is CCCCCCCCSN1C=NCN(SCCCCCCCC)C1. The lowest BCUT2D eigenvalue weighted by atomic mass is 10.1. The van der Waals surface area contributed by atoms with Crippen LogP contribution in [0.25, 0.3) is 0 Å². The summed E-state index contributed by atoms with van der Waals surface area (Å²) in [5, 5.41) is 0. The first-order chi connectivity index (χ1) is 11.9. The molecule has 0 aromatic heterocycles. The van der Waals surface area contributed by atoms with E-state index in [2.05, 4.69) is 27.5 Å². The zero-order valence-corrected chi connectivity index (χ0v) is 17.7. The van der Waals surface area contributed by atoms with Gasteiger partial charge in [0.15, 0.2) is 0 Å². The molecule has 3 nitrogen and oxygen atoms in total. The van der Waals surface area contributed by atoms with Gasteiger partial charge in [-0.25, -0.2) is 4.31 Å². The topological polar surface area (TPSA) is 18.8 Å². The molecule has 1 heterocycles. The summed E-state index contributed by atoms with van der Waals surface area (Å²) >= 11 is 3.93. The highest BCUT2D eigenvalue weighted by molar-refractivity contribution is 7.98. The van der Waals surface area contributed by atoms with Crippen LogP contribution in [-0.2, 0) is 0 Å². The largest absolute Gasteiger partial charge is 0.292 e. The highest BCUT2D eigenvalue weighted by Gasteiger charge is 2.13. The normalized spacial score (nSPS) is 15.3. The van der Waals surface area contributed by atoms with Crippen molar-refractivity contribution in [3.05, 3.63) is 0 Å². The van der Waals surface area contributed by atoms with E-state index in [0.29, 0.717) is 0 Å². The summed E-state index contributed by atoms with van der Waals surface area (Å²) in [4.78, 5) is 4.50. The van der Waals surface area contributed by atoms with Gasteiger partial charge in [0.1, 0.15) is 6.67 Å². The average molecular weight is 374 g/mol. The van der Waals surface area contributed by atoms with Gasteiger partial charge in [-0.15, -0.1) is 0 Å². The van der Waals surface area contributed by atoms with Crippen LogP contribution in [0.3, 0.4) is 0 Å². The molecule has 5 heteroatoms. The van der Waals surface area contributed by atoms with Crippen molar-refractivity contribution < 1.29 is 0 Å². The third-order valence-corrected chi connectivity index (χ3v) is 6.35. The van der Waals surface area contributed by atoms with E-state index in [-0.39, 0.29) is 0 Å². The molecule has 1 aliphatic heterocycles. The summed E-state index contributed by atoms with van der Waals surface area (Å²) in [5.74, 6) is 2.48. The summed E-state index contributed by atoms with van der Waals surface area (Å²) in [5.41, 5.74) is 0. The van der Waals surface area contributed by atoms with Crippen molar-refractivity contribution in [2.45, 2.75) is 90.9 Å². The fraction of sp³-hybridized carbons (Fsp3) is 0.947. The van der Waals surface area contributed by atoms with Crippen molar-refractivity contribution >= 4 is 30.2 Å². The number of unbranched alkanes of at least 4 members (excludes halogenated alkanes) is 10. The van der Waals surface area contributed by atoms with Crippen LogP contribution >= 0.6 is 23.9 Å². The molecule has 0 aromatic rings. The van der Waals surface area contributed by atoms with E-state index in [1.165, 1.54) is 88.6 Å². The van der Waals surface area contributed by atoms with Crippen molar-refractivity contribution in [2.75, 3.05) is 24.8 Å². The van der Waals surface area contributed by atoms with Gasteiger partial charge in [-0.1, -0.05) is 90.0 Å². The quantitative estimate of drug-likeness (QED) is 0.225. The Hall–Kier alpha value is 0.130. The fourth-order valence-corrected chi connectivity index (χ4v) is 4.69. The number of hydrogen-bond acceptors (Lipinski definition) is 5. The highest BCUT2D eigenvalue weighted by Crippen LogP contribution is 2.21. The molecule has 0 aromatic carbocycles. The van der Waals surface area contributed by atoms with Crippen molar-refractivity contribution in [1.82, 2.24) is 8.61 Å². The second-order valence-corrected chi connectivity index (χ2v) is 9.00. The van der Waals surface area contributed by atoms with Gasteiger partial charge < -0.3 is 0 Å². The average Bonchev–Trinajstić information content (AvgIpc) is 2.60. The summed E-state index contributed by atoms with van der Waals surface area (Å²) in [6, 6.07) is 0. The molecule has 0 aliphatic carbocycles. The van der Waals surface area contributed by atoms with E-state index >= 15 is 0 Å². The first-order valence-electron chi connectivity index (χ1n) is 10.1. The smallest absolute Gasteiger partial charge is 0.104 e. The van der Waals surface area contributed by atoms with Gasteiger partial charge in [-0.2, -0.15) is 0 Å². The lowest BCUT2D eigenvalue weighted by Gasteiger charge is -2.29. The minimum Gasteiger partial charge on any atom is -0.292 e. The lowest BCUT2D eigenvalue weighted by Crippen LogP contribution is -2.34. The van der Waals surface area contributed by atoms with Crippen LogP contribution in [0.4, 0.5) is 0 Å². The summed E-state index contributed by atoms with van der Waals surface area (Å²) in [6.07, 6.45) is 18.6. The van der Waals surface area contributed by atoms with Crippen molar-refractivity contribution in [1.29, 1.82) is 0 Å². The molecule has 0 saturated carbocycles. The third kappa shape index (κ3) is 12.5. The molecule has 0 atom stereocenters. The number of aliphatic imine (C=N–C) groups is 1. The van der Waals surface area contributed by atoms with Crippen molar-refractivity contribution in [3.63, 3.8) is 0 Å². The van der Waals surface area contributed by atoms with E-state index in [1.807, 2.05) is 30.2 Å². The Balaban J connectivity index is 1.95. The Bertz CT molecular complexity index is 300. The van der Waals surface area contributed by atoms with Gasteiger partial charge in [-0.05, 0) is 24.8 Å². The van der Waals surface area contributed by atoms with E-state index in [0.717, 1.165) is 13.3 Å². The monoisotopic (exact) mass is 373 g/mol. The molecule has 24 heavy (non-hydrogen) atoms. The predicted molar refractivity (Wildman–Crippen MR) is 114 cm³/mol. The maximum absolute atomic E-state index is 4.50. The zero-order valence-electron chi connectivity index (χ0n) is 16.0. The standard InChI is InChI=1S/C19H39N3S2/c1-3-5-7-9-11-13-15-23-21-17-20-18-22(19-21)24-16-14-12-10-8-6-4-2/h17H,3-16,18-19H2,1-2H3. The van der Waals surface area contributed by atoms with Gasteiger partial charge in [0, 0.05) is 11.5 Å². The maximum Gasteiger partial charge on any atom is 0.104 e. The van der Waals surface area contributed by atoms with Gasteiger partial charge in [-0.3, -0.25) is 9.30 Å². The lowest BCUT2D eigenvalue weighted by molar-refractivity contribution is 0.389. The number of hydrogen-bond donors (Lipinski definition) is 0. The Morgan fingerprint density at radius 1 is 0.750 bits per heavy atom. The summed E-state index contributed by atoms with van der Waals surface area (Å²) < 4.78 is 4.71. The minimum absolute atomic E-state index is 0.856. The Kier molecular flexibility index (Phi) is 15.3. The highest BCUT2D eigenvalue weighted by atomic mass is 32.2. The first-order valence-corrected chi connectivity index (χ1v) is 12.0. The molecule has 0 N–H and O–H groups in total. The van der Waals surface area contributed by atoms with Crippen molar-refractivity contribution in [2.24, 2.45) is 4.99 Å². The second kappa shape index (κ2) is 16.6. The van der Waals surface area contributed by atoms with Crippen LogP contribution in [0.1, 0.15) is 90.9 Å². The van der Waals surface area contributed by atoms with Crippen LogP contribution in [-0.4, -0.2) is 39.8 Å². The first kappa shape index (κ1) is 22.2. The molecule has 0 unspecified atom stereocenters.